The molecule has 0 spiro atoms. The first-order valence-corrected chi connectivity index (χ1v) is 9.44. The Morgan fingerprint density at radius 2 is 1.81 bits per heavy atom. The van der Waals surface area contributed by atoms with Crippen molar-refractivity contribution in [1.29, 1.82) is 0 Å². The lowest BCUT2D eigenvalue weighted by Crippen LogP contribution is -2.08. The molecule has 0 atom stereocenters. The minimum atomic E-state index is 0.609. The molecule has 4 heterocycles. The molecule has 4 rings (SSSR count). The quantitative estimate of drug-likeness (QED) is 0.549. The number of rotatable bonds is 6. The van der Waals surface area contributed by atoms with Crippen molar-refractivity contribution >= 4 is 17.3 Å². The van der Waals surface area contributed by atoms with E-state index in [-0.39, 0.29) is 0 Å². The van der Waals surface area contributed by atoms with E-state index < -0.39 is 0 Å². The molecule has 4 aromatic heterocycles. The molecule has 0 saturated heterocycles. The molecule has 0 radical (unpaired) electrons. The molecule has 0 saturated carbocycles. The highest BCUT2D eigenvalue weighted by Crippen LogP contribution is 2.33. The Labute approximate surface area is 161 Å². The van der Waals surface area contributed by atoms with Crippen molar-refractivity contribution in [2.45, 2.75) is 13.3 Å². The van der Waals surface area contributed by atoms with Crippen LogP contribution in [0.15, 0.2) is 61.4 Å². The normalized spacial score (nSPS) is 10.7. The van der Waals surface area contributed by atoms with Gasteiger partial charge in [0.25, 0.3) is 0 Å². The van der Waals surface area contributed by atoms with Crippen molar-refractivity contribution < 1.29 is 0 Å². The van der Waals surface area contributed by atoms with E-state index in [1.807, 2.05) is 18.3 Å². The van der Waals surface area contributed by atoms with Crippen LogP contribution in [0, 0.1) is 6.92 Å². The number of thiophene rings is 1. The zero-order valence-electron chi connectivity index (χ0n) is 14.8. The summed E-state index contributed by atoms with van der Waals surface area (Å²) in [5.74, 6) is 0.609. The summed E-state index contributed by atoms with van der Waals surface area (Å²) >= 11 is 1.71. The van der Waals surface area contributed by atoms with Crippen LogP contribution in [0.2, 0.25) is 0 Å². The van der Waals surface area contributed by atoms with Gasteiger partial charge in [-0.05, 0) is 43.2 Å². The van der Waals surface area contributed by atoms with E-state index >= 15 is 0 Å². The average Bonchev–Trinajstić information content (AvgIpc) is 3.16. The smallest absolute Gasteiger partial charge is 0.223 e. The Bertz CT molecular complexity index is 1020. The lowest BCUT2D eigenvalue weighted by molar-refractivity contribution is 0.980. The Balaban J connectivity index is 1.60. The maximum atomic E-state index is 4.77. The van der Waals surface area contributed by atoms with Crippen LogP contribution < -0.4 is 5.32 Å². The zero-order chi connectivity index (χ0) is 18.5. The summed E-state index contributed by atoms with van der Waals surface area (Å²) in [5.41, 5.74) is 3.74. The fourth-order valence-electron chi connectivity index (χ4n) is 2.71. The van der Waals surface area contributed by atoms with Crippen molar-refractivity contribution in [2.75, 3.05) is 11.9 Å². The second kappa shape index (κ2) is 8.01. The highest BCUT2D eigenvalue weighted by atomic mass is 32.1. The van der Waals surface area contributed by atoms with Crippen LogP contribution in [0.5, 0.6) is 0 Å². The Morgan fingerprint density at radius 1 is 0.926 bits per heavy atom. The summed E-state index contributed by atoms with van der Waals surface area (Å²) in [6, 6.07) is 8.21. The molecule has 0 unspecified atom stereocenters. The van der Waals surface area contributed by atoms with E-state index in [1.54, 1.807) is 42.3 Å². The molecule has 0 aliphatic carbocycles. The largest absolute Gasteiger partial charge is 0.354 e. The summed E-state index contributed by atoms with van der Waals surface area (Å²) in [5, 5.41) is 3.31. The maximum Gasteiger partial charge on any atom is 0.223 e. The summed E-state index contributed by atoms with van der Waals surface area (Å²) in [4.78, 5) is 24.2. The van der Waals surface area contributed by atoms with Gasteiger partial charge in [-0.25, -0.2) is 9.97 Å². The predicted molar refractivity (Wildman–Crippen MR) is 108 cm³/mol. The molecule has 4 aromatic rings. The van der Waals surface area contributed by atoms with Gasteiger partial charge in [-0.3, -0.25) is 15.0 Å². The lowest BCUT2D eigenvalue weighted by Gasteiger charge is -2.10. The van der Waals surface area contributed by atoms with Gasteiger partial charge in [0, 0.05) is 48.0 Å². The van der Waals surface area contributed by atoms with Crippen molar-refractivity contribution in [2.24, 2.45) is 0 Å². The van der Waals surface area contributed by atoms with Crippen molar-refractivity contribution in [1.82, 2.24) is 24.9 Å². The van der Waals surface area contributed by atoms with Crippen LogP contribution in [-0.4, -0.2) is 31.5 Å². The van der Waals surface area contributed by atoms with Gasteiger partial charge < -0.3 is 5.32 Å². The molecule has 0 aromatic carbocycles. The molecule has 0 bridgehead atoms. The number of nitrogens with zero attached hydrogens (tertiary/aromatic N) is 5. The number of nitrogens with one attached hydrogen (secondary N) is 1. The second-order valence-electron chi connectivity index (χ2n) is 5.99. The zero-order valence-corrected chi connectivity index (χ0v) is 15.6. The fourth-order valence-corrected chi connectivity index (χ4v) is 3.58. The molecule has 27 heavy (non-hydrogen) atoms. The van der Waals surface area contributed by atoms with Crippen LogP contribution in [-0.2, 0) is 6.42 Å². The standard InChI is InChI=1S/C20H18N6S/c1-14-2-3-18(27-14)19-16(17-13-22-10-11-23-17)12-25-20(26-19)24-9-6-15-4-7-21-8-5-15/h2-5,7-8,10-13H,6,9H2,1H3,(H,24,25,26). The molecule has 0 amide bonds. The third kappa shape index (κ3) is 4.15. The van der Waals surface area contributed by atoms with Crippen LogP contribution >= 0.6 is 11.3 Å². The van der Waals surface area contributed by atoms with Gasteiger partial charge in [0.15, 0.2) is 0 Å². The van der Waals surface area contributed by atoms with E-state index in [1.165, 1.54) is 10.4 Å². The van der Waals surface area contributed by atoms with E-state index in [2.05, 4.69) is 44.3 Å². The van der Waals surface area contributed by atoms with Gasteiger partial charge in [-0.15, -0.1) is 11.3 Å². The molecule has 0 aliphatic heterocycles. The Hall–Kier alpha value is -3.19. The summed E-state index contributed by atoms with van der Waals surface area (Å²) in [6.45, 7) is 2.84. The van der Waals surface area contributed by atoms with E-state index in [0.29, 0.717) is 5.95 Å². The first-order valence-electron chi connectivity index (χ1n) is 8.62. The Morgan fingerprint density at radius 3 is 2.56 bits per heavy atom. The first kappa shape index (κ1) is 17.2. The SMILES string of the molecule is Cc1ccc(-c2nc(NCCc3ccncc3)ncc2-c2cnccn2)s1. The predicted octanol–water partition coefficient (Wildman–Crippen LogP) is 4.02. The van der Waals surface area contributed by atoms with Crippen molar-refractivity contribution in [3.8, 4) is 21.8 Å². The van der Waals surface area contributed by atoms with E-state index in [4.69, 9.17) is 4.98 Å². The van der Waals surface area contributed by atoms with Gasteiger partial charge in [0.05, 0.1) is 22.5 Å². The van der Waals surface area contributed by atoms with Gasteiger partial charge in [-0.1, -0.05) is 0 Å². The summed E-state index contributed by atoms with van der Waals surface area (Å²) in [6.07, 6.45) is 11.4. The molecule has 1 N–H and O–H groups in total. The van der Waals surface area contributed by atoms with Gasteiger partial charge in [0.2, 0.25) is 5.95 Å². The van der Waals surface area contributed by atoms with Crippen molar-refractivity contribution in [3.63, 3.8) is 0 Å². The molecule has 6 nitrogen and oxygen atoms in total. The van der Waals surface area contributed by atoms with Crippen molar-refractivity contribution in [3.05, 3.63) is 71.9 Å². The highest BCUT2D eigenvalue weighted by molar-refractivity contribution is 7.15. The number of hydrogen-bond acceptors (Lipinski definition) is 7. The number of aromatic nitrogens is 5. The maximum absolute atomic E-state index is 4.77. The Kier molecular flexibility index (Phi) is 5.11. The molecule has 0 fully saturated rings. The highest BCUT2D eigenvalue weighted by Gasteiger charge is 2.14. The number of aryl methyl sites for hydroxylation is 1. The second-order valence-corrected chi connectivity index (χ2v) is 7.28. The summed E-state index contributed by atoms with van der Waals surface area (Å²) in [7, 11) is 0. The third-order valence-electron chi connectivity index (χ3n) is 4.05. The molecule has 134 valence electrons. The molecule has 7 heteroatoms. The van der Waals surface area contributed by atoms with Crippen LogP contribution in [0.25, 0.3) is 21.8 Å². The summed E-state index contributed by atoms with van der Waals surface area (Å²) < 4.78 is 0. The molecular weight excluding hydrogens is 356 g/mol. The minimum absolute atomic E-state index is 0.609. The number of hydrogen-bond donors (Lipinski definition) is 1. The molecule has 0 aliphatic rings. The monoisotopic (exact) mass is 374 g/mol. The van der Waals surface area contributed by atoms with Gasteiger partial charge >= 0.3 is 0 Å². The fraction of sp³-hybridized carbons (Fsp3) is 0.150. The lowest BCUT2D eigenvalue weighted by atomic mass is 10.1. The van der Waals surface area contributed by atoms with Crippen LogP contribution in [0.4, 0.5) is 5.95 Å². The van der Waals surface area contributed by atoms with Crippen LogP contribution in [0.1, 0.15) is 10.4 Å². The van der Waals surface area contributed by atoms with E-state index in [0.717, 1.165) is 34.8 Å². The topological polar surface area (TPSA) is 76.5 Å². The number of anilines is 1. The average molecular weight is 374 g/mol. The molecular formula is C20H18N6S. The van der Waals surface area contributed by atoms with Gasteiger partial charge in [-0.2, -0.15) is 0 Å². The number of pyridine rings is 1. The van der Waals surface area contributed by atoms with Gasteiger partial charge in [0.1, 0.15) is 0 Å². The minimum Gasteiger partial charge on any atom is -0.354 e. The first-order chi connectivity index (χ1) is 13.3. The van der Waals surface area contributed by atoms with E-state index in [9.17, 15) is 0 Å². The van der Waals surface area contributed by atoms with Crippen LogP contribution in [0.3, 0.4) is 0 Å². The third-order valence-corrected chi connectivity index (χ3v) is 5.06.